The van der Waals surface area contributed by atoms with Crippen LogP contribution in [-0.4, -0.2) is 33.2 Å². The van der Waals surface area contributed by atoms with Gasteiger partial charge in [-0.3, -0.25) is 9.59 Å². The summed E-state index contributed by atoms with van der Waals surface area (Å²) >= 11 is 0. The predicted molar refractivity (Wildman–Crippen MR) is 76.4 cm³/mol. The molecule has 3 N–H and O–H groups in total. The molecule has 5 nitrogen and oxygen atoms in total. The van der Waals surface area contributed by atoms with Gasteiger partial charge in [-0.25, -0.2) is 0 Å². The van der Waals surface area contributed by atoms with Crippen molar-refractivity contribution >= 4 is 11.9 Å². The van der Waals surface area contributed by atoms with Gasteiger partial charge in [0, 0.05) is 0 Å². The lowest BCUT2D eigenvalue weighted by molar-refractivity contribution is -0.141. The Bertz CT molecular complexity index is 344. The molecule has 0 aliphatic heterocycles. The molecule has 0 spiro atoms. The van der Waals surface area contributed by atoms with Crippen molar-refractivity contribution in [3.63, 3.8) is 0 Å². The van der Waals surface area contributed by atoms with Crippen LogP contribution in [0.2, 0.25) is 0 Å². The number of nitrogens with one attached hydrogen (secondary N) is 1. The average Bonchev–Trinajstić information content (AvgIpc) is 2.25. The molecular formula is C15H27NO4. The van der Waals surface area contributed by atoms with Gasteiger partial charge >= 0.3 is 5.97 Å². The predicted octanol–water partition coefficient (Wildman–Crippen LogP) is 2.22. The van der Waals surface area contributed by atoms with Crippen LogP contribution in [0.25, 0.3) is 0 Å². The minimum Gasteiger partial charge on any atom is -0.481 e. The highest BCUT2D eigenvalue weighted by Gasteiger charge is 2.41. The minimum absolute atomic E-state index is 0.0290. The van der Waals surface area contributed by atoms with Crippen molar-refractivity contribution in [1.82, 2.24) is 5.32 Å². The molecule has 0 heterocycles. The van der Waals surface area contributed by atoms with Gasteiger partial charge in [-0.2, -0.15) is 0 Å². The first-order valence-electron chi connectivity index (χ1n) is 7.60. The third kappa shape index (κ3) is 4.78. The fourth-order valence-electron chi connectivity index (χ4n) is 3.11. The highest BCUT2D eigenvalue weighted by molar-refractivity contribution is 5.79. The van der Waals surface area contributed by atoms with E-state index in [1.807, 2.05) is 13.8 Å². The summed E-state index contributed by atoms with van der Waals surface area (Å²) in [5.74, 6) is -1.11. The maximum Gasteiger partial charge on any atom is 0.305 e. The molecule has 116 valence electrons. The van der Waals surface area contributed by atoms with Gasteiger partial charge in [-0.05, 0) is 32.1 Å². The monoisotopic (exact) mass is 285 g/mol. The fourth-order valence-corrected chi connectivity index (χ4v) is 3.11. The van der Waals surface area contributed by atoms with Gasteiger partial charge in [0.05, 0.1) is 24.0 Å². The molecule has 1 rings (SSSR count). The summed E-state index contributed by atoms with van der Waals surface area (Å²) in [5, 5.41) is 22.3. The summed E-state index contributed by atoms with van der Waals surface area (Å²) in [5.41, 5.74) is -1.54. The molecule has 0 aromatic heterocycles. The number of carboxylic acids is 1. The summed E-state index contributed by atoms with van der Waals surface area (Å²) in [4.78, 5) is 23.0. The molecule has 0 saturated heterocycles. The van der Waals surface area contributed by atoms with Crippen molar-refractivity contribution in [2.75, 3.05) is 0 Å². The summed E-state index contributed by atoms with van der Waals surface area (Å²) in [6.07, 6.45) is 5.25. The number of hydrogen-bond donors (Lipinski definition) is 3. The van der Waals surface area contributed by atoms with E-state index in [0.717, 1.165) is 19.3 Å². The normalized spacial score (nSPS) is 17.4. The van der Waals surface area contributed by atoms with Crippen molar-refractivity contribution < 1.29 is 19.8 Å². The van der Waals surface area contributed by atoms with E-state index >= 15 is 0 Å². The Labute approximate surface area is 120 Å². The molecule has 0 radical (unpaired) electrons. The number of rotatable bonds is 9. The molecule has 1 aliphatic carbocycles. The lowest BCUT2D eigenvalue weighted by atomic mass is 9.74. The zero-order chi connectivity index (χ0) is 15.2. The van der Waals surface area contributed by atoms with Gasteiger partial charge < -0.3 is 15.5 Å². The van der Waals surface area contributed by atoms with E-state index in [1.54, 1.807) is 0 Å². The standard InChI is InChI=1S/C15H27NO4/c1-3-6-15(20,7-4-2)10-12(17)16-14(8-5-9-14)11-13(18)19/h20H,3-11H2,1-2H3,(H,16,17)(H,18,19). The van der Waals surface area contributed by atoms with Crippen LogP contribution in [0.5, 0.6) is 0 Å². The van der Waals surface area contributed by atoms with E-state index in [0.29, 0.717) is 25.7 Å². The van der Waals surface area contributed by atoms with E-state index in [4.69, 9.17) is 5.11 Å². The fraction of sp³-hybridized carbons (Fsp3) is 0.867. The Balaban J connectivity index is 2.58. The Hall–Kier alpha value is -1.10. The summed E-state index contributed by atoms with van der Waals surface area (Å²) < 4.78 is 0. The number of carbonyl (C=O) groups excluding carboxylic acids is 1. The minimum atomic E-state index is -0.957. The van der Waals surface area contributed by atoms with Crippen LogP contribution in [0.3, 0.4) is 0 Å². The first kappa shape index (κ1) is 17.0. The Kier molecular flexibility index (Phi) is 5.99. The SMILES string of the molecule is CCCC(O)(CCC)CC(=O)NC1(CC(=O)O)CCC1. The van der Waals surface area contributed by atoms with Gasteiger partial charge in [-0.15, -0.1) is 0 Å². The van der Waals surface area contributed by atoms with E-state index < -0.39 is 17.1 Å². The van der Waals surface area contributed by atoms with Crippen molar-refractivity contribution in [1.29, 1.82) is 0 Å². The Morgan fingerprint density at radius 2 is 1.75 bits per heavy atom. The molecule has 1 aliphatic rings. The van der Waals surface area contributed by atoms with Gasteiger partial charge in [0.25, 0.3) is 0 Å². The molecule has 20 heavy (non-hydrogen) atoms. The molecular weight excluding hydrogens is 258 g/mol. The van der Waals surface area contributed by atoms with Crippen LogP contribution in [0.4, 0.5) is 0 Å². The van der Waals surface area contributed by atoms with Crippen LogP contribution < -0.4 is 5.32 Å². The molecule has 0 aromatic carbocycles. The number of amides is 1. The zero-order valence-electron chi connectivity index (χ0n) is 12.6. The summed E-state index contributed by atoms with van der Waals surface area (Å²) in [6, 6.07) is 0. The quantitative estimate of drug-likeness (QED) is 0.606. The van der Waals surface area contributed by atoms with Crippen molar-refractivity contribution in [3.05, 3.63) is 0 Å². The first-order valence-corrected chi connectivity index (χ1v) is 7.60. The number of aliphatic hydroxyl groups is 1. The smallest absolute Gasteiger partial charge is 0.305 e. The maximum atomic E-state index is 12.1. The summed E-state index contributed by atoms with van der Waals surface area (Å²) in [6.45, 7) is 3.97. The lowest BCUT2D eigenvalue weighted by Gasteiger charge is -2.42. The van der Waals surface area contributed by atoms with E-state index in [-0.39, 0.29) is 18.7 Å². The van der Waals surface area contributed by atoms with Crippen molar-refractivity contribution in [2.24, 2.45) is 0 Å². The van der Waals surface area contributed by atoms with Crippen LogP contribution in [0.1, 0.15) is 71.6 Å². The number of carbonyl (C=O) groups is 2. The van der Waals surface area contributed by atoms with Crippen molar-refractivity contribution in [3.8, 4) is 0 Å². The molecule has 1 amide bonds. The molecule has 0 aromatic rings. The second-order valence-corrected chi connectivity index (χ2v) is 6.15. The number of carboxylic acid groups (broad SMARTS) is 1. The highest BCUT2D eigenvalue weighted by Crippen LogP contribution is 2.35. The van der Waals surface area contributed by atoms with E-state index in [9.17, 15) is 14.7 Å². The van der Waals surface area contributed by atoms with Gasteiger partial charge in [-0.1, -0.05) is 26.7 Å². The van der Waals surface area contributed by atoms with E-state index in [2.05, 4.69) is 5.32 Å². The van der Waals surface area contributed by atoms with Gasteiger partial charge in [0.15, 0.2) is 0 Å². The number of hydrogen-bond acceptors (Lipinski definition) is 3. The largest absolute Gasteiger partial charge is 0.481 e. The van der Waals surface area contributed by atoms with Crippen LogP contribution in [0.15, 0.2) is 0 Å². The van der Waals surface area contributed by atoms with Gasteiger partial charge in [0.2, 0.25) is 5.91 Å². The maximum absolute atomic E-state index is 12.1. The zero-order valence-corrected chi connectivity index (χ0v) is 12.6. The first-order chi connectivity index (χ1) is 9.35. The van der Waals surface area contributed by atoms with E-state index in [1.165, 1.54) is 0 Å². The average molecular weight is 285 g/mol. The molecule has 1 saturated carbocycles. The van der Waals surface area contributed by atoms with Crippen LogP contribution >= 0.6 is 0 Å². The lowest BCUT2D eigenvalue weighted by Crippen LogP contribution is -2.55. The Morgan fingerprint density at radius 1 is 1.20 bits per heavy atom. The Morgan fingerprint density at radius 3 is 2.10 bits per heavy atom. The highest BCUT2D eigenvalue weighted by atomic mass is 16.4. The molecule has 0 bridgehead atoms. The number of aliphatic carboxylic acids is 1. The topological polar surface area (TPSA) is 86.6 Å². The van der Waals surface area contributed by atoms with Gasteiger partial charge in [0.1, 0.15) is 0 Å². The molecule has 1 fully saturated rings. The third-order valence-electron chi connectivity index (χ3n) is 4.13. The molecule has 0 atom stereocenters. The third-order valence-corrected chi connectivity index (χ3v) is 4.13. The van der Waals surface area contributed by atoms with Crippen LogP contribution in [-0.2, 0) is 9.59 Å². The van der Waals surface area contributed by atoms with Crippen molar-refractivity contribution in [2.45, 2.75) is 82.8 Å². The summed E-state index contributed by atoms with van der Waals surface area (Å²) in [7, 11) is 0. The van der Waals surface area contributed by atoms with Crippen LogP contribution in [0, 0.1) is 0 Å². The molecule has 0 unspecified atom stereocenters. The second-order valence-electron chi connectivity index (χ2n) is 6.15. The second kappa shape index (κ2) is 7.07. The molecule has 5 heteroatoms.